The summed E-state index contributed by atoms with van der Waals surface area (Å²) in [5.41, 5.74) is 2.70. The predicted octanol–water partition coefficient (Wildman–Crippen LogP) is 2.09. The zero-order valence-electron chi connectivity index (χ0n) is 6.72. The van der Waals surface area contributed by atoms with Gasteiger partial charge in [-0.1, -0.05) is 13.0 Å². The highest BCUT2D eigenvalue weighted by molar-refractivity contribution is 5.52. The molecule has 1 heteroatoms. The molecule has 11 heavy (non-hydrogen) atoms. The van der Waals surface area contributed by atoms with Crippen molar-refractivity contribution in [3.8, 4) is 0 Å². The summed E-state index contributed by atoms with van der Waals surface area (Å²) in [6, 6.07) is 9.24. The Morgan fingerprint density at radius 3 is 3.45 bits per heavy atom. The first-order valence-electron chi connectivity index (χ1n) is 4.09. The monoisotopic (exact) mass is 146 g/mol. The third kappa shape index (κ3) is 1.23. The van der Waals surface area contributed by atoms with Crippen LogP contribution in [-0.4, -0.2) is 6.54 Å². The molecule has 1 N–H and O–H groups in total. The maximum Gasteiger partial charge on any atom is 0.0373 e. The van der Waals surface area contributed by atoms with E-state index in [0.717, 1.165) is 12.5 Å². The molecule has 1 aromatic carbocycles. The zero-order chi connectivity index (χ0) is 7.68. The van der Waals surface area contributed by atoms with E-state index in [1.807, 2.05) is 6.07 Å². The van der Waals surface area contributed by atoms with E-state index < -0.39 is 0 Å². The summed E-state index contributed by atoms with van der Waals surface area (Å²) in [5.74, 6) is 0.762. The van der Waals surface area contributed by atoms with Crippen LogP contribution in [0, 0.1) is 12.0 Å². The topological polar surface area (TPSA) is 12.0 Å². The molecule has 1 heterocycles. The molecule has 0 fully saturated rings. The molecule has 1 radical (unpaired) electrons. The van der Waals surface area contributed by atoms with Crippen LogP contribution < -0.4 is 5.32 Å². The second-order valence-corrected chi connectivity index (χ2v) is 3.27. The first kappa shape index (κ1) is 6.71. The van der Waals surface area contributed by atoms with Gasteiger partial charge in [0.15, 0.2) is 0 Å². The van der Waals surface area contributed by atoms with Crippen LogP contribution in [0.3, 0.4) is 0 Å². The summed E-state index contributed by atoms with van der Waals surface area (Å²) >= 11 is 0. The van der Waals surface area contributed by atoms with E-state index in [4.69, 9.17) is 0 Å². The highest BCUT2D eigenvalue weighted by Crippen LogP contribution is 2.23. The summed E-state index contributed by atoms with van der Waals surface area (Å²) in [7, 11) is 0. The predicted molar refractivity (Wildman–Crippen MR) is 46.6 cm³/mol. The Morgan fingerprint density at radius 1 is 1.64 bits per heavy atom. The van der Waals surface area contributed by atoms with E-state index in [1.54, 1.807) is 0 Å². The molecule has 1 atom stereocenters. The summed E-state index contributed by atoms with van der Waals surface area (Å²) < 4.78 is 0. The lowest BCUT2D eigenvalue weighted by atomic mass is 9.96. The summed E-state index contributed by atoms with van der Waals surface area (Å²) in [4.78, 5) is 0. The van der Waals surface area contributed by atoms with E-state index >= 15 is 0 Å². The van der Waals surface area contributed by atoms with E-state index in [0.29, 0.717) is 0 Å². The molecule has 0 spiro atoms. The fraction of sp³-hybridized carbons (Fsp3) is 0.400. The normalized spacial score (nSPS) is 22.1. The third-order valence-electron chi connectivity index (χ3n) is 2.16. The Hall–Kier alpha value is -0.980. The molecular weight excluding hydrogens is 134 g/mol. The summed E-state index contributed by atoms with van der Waals surface area (Å²) in [6.45, 7) is 3.37. The van der Waals surface area contributed by atoms with Gasteiger partial charge in [-0.2, -0.15) is 0 Å². The molecule has 0 bridgehead atoms. The average Bonchev–Trinajstić information content (AvgIpc) is 2.04. The molecule has 57 valence electrons. The van der Waals surface area contributed by atoms with Gasteiger partial charge in [-0.3, -0.25) is 0 Å². The van der Waals surface area contributed by atoms with Gasteiger partial charge >= 0.3 is 0 Å². The Bertz CT molecular complexity index is 255. The smallest absolute Gasteiger partial charge is 0.0373 e. The maximum atomic E-state index is 3.39. The van der Waals surface area contributed by atoms with Crippen molar-refractivity contribution >= 4 is 5.69 Å². The Balaban J connectivity index is 2.34. The largest absolute Gasteiger partial charge is 0.385 e. The molecule has 1 nitrogen and oxygen atoms in total. The van der Waals surface area contributed by atoms with Gasteiger partial charge in [0.25, 0.3) is 0 Å². The number of anilines is 1. The molecule has 2 rings (SSSR count). The first-order valence-corrected chi connectivity index (χ1v) is 4.09. The van der Waals surface area contributed by atoms with Gasteiger partial charge < -0.3 is 5.32 Å². The molecule has 0 aliphatic carbocycles. The standard InChI is InChI=1S/C10H12N/c1-8-6-9-4-2-3-5-10(9)11-7-8/h3-5,8,11H,6-7H2,1H3. The lowest BCUT2D eigenvalue weighted by Crippen LogP contribution is -2.20. The Morgan fingerprint density at radius 2 is 2.55 bits per heavy atom. The molecule has 0 saturated carbocycles. The van der Waals surface area contributed by atoms with E-state index in [1.165, 1.54) is 17.7 Å². The fourth-order valence-electron chi connectivity index (χ4n) is 1.54. The van der Waals surface area contributed by atoms with Crippen molar-refractivity contribution in [2.24, 2.45) is 5.92 Å². The number of nitrogens with one attached hydrogen (secondary N) is 1. The number of hydrogen-bond acceptors (Lipinski definition) is 1. The van der Waals surface area contributed by atoms with Crippen molar-refractivity contribution in [3.63, 3.8) is 0 Å². The van der Waals surface area contributed by atoms with E-state index in [2.05, 4.69) is 30.4 Å². The molecule has 1 aliphatic heterocycles. The van der Waals surface area contributed by atoms with E-state index in [-0.39, 0.29) is 0 Å². The maximum absolute atomic E-state index is 3.39. The van der Waals surface area contributed by atoms with Gasteiger partial charge in [-0.05, 0) is 36.1 Å². The van der Waals surface area contributed by atoms with Crippen molar-refractivity contribution in [1.29, 1.82) is 0 Å². The van der Waals surface area contributed by atoms with Gasteiger partial charge in [-0.25, -0.2) is 0 Å². The van der Waals surface area contributed by atoms with Gasteiger partial charge in [0.1, 0.15) is 0 Å². The Labute approximate surface area is 67.4 Å². The lowest BCUT2D eigenvalue weighted by molar-refractivity contribution is 0.595. The quantitative estimate of drug-likeness (QED) is 0.591. The van der Waals surface area contributed by atoms with Gasteiger partial charge in [0.05, 0.1) is 0 Å². The van der Waals surface area contributed by atoms with Crippen LogP contribution in [-0.2, 0) is 6.42 Å². The highest BCUT2D eigenvalue weighted by Gasteiger charge is 2.12. The fourth-order valence-corrected chi connectivity index (χ4v) is 1.54. The highest BCUT2D eigenvalue weighted by atomic mass is 14.9. The van der Waals surface area contributed by atoms with Crippen LogP contribution in [0.1, 0.15) is 12.5 Å². The van der Waals surface area contributed by atoms with Crippen LogP contribution in [0.25, 0.3) is 0 Å². The lowest BCUT2D eigenvalue weighted by Gasteiger charge is -2.22. The second kappa shape index (κ2) is 2.57. The summed E-state index contributed by atoms with van der Waals surface area (Å²) in [5, 5.41) is 3.39. The Kier molecular flexibility index (Phi) is 1.57. The number of hydrogen-bond donors (Lipinski definition) is 1. The van der Waals surface area contributed by atoms with Crippen molar-refractivity contribution < 1.29 is 0 Å². The SMILES string of the molecule is CC1CNc2cc[c]cc2C1. The van der Waals surface area contributed by atoms with Crippen LogP contribution >= 0.6 is 0 Å². The average molecular weight is 146 g/mol. The van der Waals surface area contributed by atoms with Crippen LogP contribution in [0.15, 0.2) is 18.2 Å². The van der Waals surface area contributed by atoms with Crippen molar-refractivity contribution in [3.05, 3.63) is 29.8 Å². The molecule has 0 aromatic heterocycles. The molecule has 0 saturated heterocycles. The van der Waals surface area contributed by atoms with Crippen molar-refractivity contribution in [2.75, 3.05) is 11.9 Å². The van der Waals surface area contributed by atoms with E-state index in [9.17, 15) is 0 Å². The minimum Gasteiger partial charge on any atom is -0.385 e. The summed E-state index contributed by atoms with van der Waals surface area (Å²) in [6.07, 6.45) is 1.19. The number of fused-ring (bicyclic) bond motifs is 1. The number of rotatable bonds is 0. The molecule has 1 unspecified atom stereocenters. The molecule has 1 aliphatic rings. The molecule has 0 amide bonds. The zero-order valence-corrected chi connectivity index (χ0v) is 6.72. The molecule has 1 aromatic rings. The van der Waals surface area contributed by atoms with Crippen molar-refractivity contribution in [1.82, 2.24) is 0 Å². The van der Waals surface area contributed by atoms with Gasteiger partial charge in [0, 0.05) is 12.2 Å². The van der Waals surface area contributed by atoms with Crippen molar-refractivity contribution in [2.45, 2.75) is 13.3 Å². The van der Waals surface area contributed by atoms with Gasteiger partial charge in [-0.15, -0.1) is 0 Å². The van der Waals surface area contributed by atoms with Crippen LogP contribution in [0.2, 0.25) is 0 Å². The minimum absolute atomic E-state index is 0.762. The van der Waals surface area contributed by atoms with Crippen LogP contribution in [0.4, 0.5) is 5.69 Å². The number of benzene rings is 1. The second-order valence-electron chi connectivity index (χ2n) is 3.27. The van der Waals surface area contributed by atoms with Gasteiger partial charge in [0.2, 0.25) is 0 Å². The van der Waals surface area contributed by atoms with Crippen LogP contribution in [0.5, 0.6) is 0 Å². The minimum atomic E-state index is 0.762. The third-order valence-corrected chi connectivity index (χ3v) is 2.16. The first-order chi connectivity index (χ1) is 5.36. The molecular formula is C10H12N.